The lowest BCUT2D eigenvalue weighted by molar-refractivity contribution is -0.0334. The van der Waals surface area contributed by atoms with E-state index >= 15 is 0 Å². The maximum absolute atomic E-state index is 5.73. The molecular weight excluding hydrogens is 511 g/mol. The first kappa shape index (κ1) is 24.9. The Labute approximate surface area is 201 Å². The fourth-order valence-electron chi connectivity index (χ4n) is 3.55. The number of nitrogens with zero attached hydrogens (tertiary/aromatic N) is 2. The van der Waals surface area contributed by atoms with Crippen LogP contribution in [-0.4, -0.2) is 63.9 Å². The van der Waals surface area contributed by atoms with E-state index in [2.05, 4.69) is 57.1 Å². The molecule has 30 heavy (non-hydrogen) atoms. The molecule has 2 unspecified atom stereocenters. The van der Waals surface area contributed by atoms with Gasteiger partial charge in [-0.3, -0.25) is 9.89 Å². The quantitative estimate of drug-likeness (QED) is 0.303. The minimum Gasteiger partial charge on any atom is -0.497 e. The third-order valence-corrected chi connectivity index (χ3v) is 6.11. The van der Waals surface area contributed by atoms with Crippen molar-refractivity contribution in [2.75, 3.05) is 46.9 Å². The molecule has 0 saturated carbocycles. The van der Waals surface area contributed by atoms with Gasteiger partial charge in [-0.1, -0.05) is 18.2 Å². The molecule has 1 saturated heterocycles. The van der Waals surface area contributed by atoms with Gasteiger partial charge in [0.05, 0.1) is 25.9 Å². The highest BCUT2D eigenvalue weighted by Crippen LogP contribution is 2.26. The number of hydrogen-bond acceptors (Lipinski definition) is 5. The molecule has 1 aromatic carbocycles. The fourth-order valence-corrected chi connectivity index (χ4v) is 4.41. The SMILES string of the molecule is CN=C(NCCc1ccc(OC)cc1)NCC(c1cccs1)N1CCOC(C)C1.I. The van der Waals surface area contributed by atoms with Crippen molar-refractivity contribution in [3.05, 3.63) is 52.2 Å². The summed E-state index contributed by atoms with van der Waals surface area (Å²) in [5, 5.41) is 9.09. The summed E-state index contributed by atoms with van der Waals surface area (Å²) in [5.74, 6) is 1.72. The summed E-state index contributed by atoms with van der Waals surface area (Å²) in [6.45, 7) is 6.48. The fraction of sp³-hybridized carbons (Fsp3) is 0.500. The van der Waals surface area contributed by atoms with E-state index < -0.39 is 0 Å². The van der Waals surface area contributed by atoms with Crippen molar-refractivity contribution in [1.82, 2.24) is 15.5 Å². The lowest BCUT2D eigenvalue weighted by atomic mass is 10.1. The molecule has 0 amide bonds. The van der Waals surface area contributed by atoms with Crippen LogP contribution in [0.3, 0.4) is 0 Å². The molecule has 1 fully saturated rings. The summed E-state index contributed by atoms with van der Waals surface area (Å²) >= 11 is 1.81. The number of benzene rings is 1. The molecule has 0 spiro atoms. The molecule has 1 aliphatic rings. The van der Waals surface area contributed by atoms with Crippen LogP contribution in [0.15, 0.2) is 46.8 Å². The summed E-state index contributed by atoms with van der Waals surface area (Å²) in [6.07, 6.45) is 1.20. The van der Waals surface area contributed by atoms with E-state index in [0.29, 0.717) is 6.04 Å². The average Bonchev–Trinajstić information content (AvgIpc) is 3.27. The van der Waals surface area contributed by atoms with Crippen molar-refractivity contribution in [3.8, 4) is 5.75 Å². The van der Waals surface area contributed by atoms with Crippen molar-refractivity contribution < 1.29 is 9.47 Å². The Morgan fingerprint density at radius 2 is 2.10 bits per heavy atom. The zero-order valence-electron chi connectivity index (χ0n) is 18.0. The number of guanidine groups is 1. The Kier molecular flexibility index (Phi) is 10.9. The van der Waals surface area contributed by atoms with Gasteiger partial charge in [0.1, 0.15) is 5.75 Å². The minimum absolute atomic E-state index is 0. The first-order valence-corrected chi connectivity index (χ1v) is 11.0. The van der Waals surface area contributed by atoms with Crippen LogP contribution in [-0.2, 0) is 11.2 Å². The first-order chi connectivity index (χ1) is 14.2. The average molecular weight is 545 g/mol. The lowest BCUT2D eigenvalue weighted by Crippen LogP contribution is -2.48. The first-order valence-electron chi connectivity index (χ1n) is 10.2. The number of hydrogen-bond donors (Lipinski definition) is 2. The summed E-state index contributed by atoms with van der Waals surface area (Å²) in [7, 11) is 3.51. The molecule has 0 radical (unpaired) electrons. The molecule has 1 aromatic heterocycles. The molecule has 2 N–H and O–H groups in total. The van der Waals surface area contributed by atoms with Crippen LogP contribution in [0.4, 0.5) is 0 Å². The monoisotopic (exact) mass is 544 g/mol. The second-order valence-electron chi connectivity index (χ2n) is 7.19. The van der Waals surface area contributed by atoms with E-state index in [1.807, 2.05) is 30.5 Å². The second kappa shape index (κ2) is 13.1. The number of nitrogens with one attached hydrogen (secondary N) is 2. The Morgan fingerprint density at radius 1 is 1.30 bits per heavy atom. The van der Waals surface area contributed by atoms with Crippen LogP contribution in [0, 0.1) is 0 Å². The van der Waals surface area contributed by atoms with Gasteiger partial charge in [0.2, 0.25) is 0 Å². The Balaban J connectivity index is 0.00000320. The molecule has 6 nitrogen and oxygen atoms in total. The zero-order chi connectivity index (χ0) is 20.5. The molecule has 2 aromatic rings. The number of thiophene rings is 1. The maximum Gasteiger partial charge on any atom is 0.191 e. The van der Waals surface area contributed by atoms with Crippen molar-refractivity contribution in [2.45, 2.75) is 25.5 Å². The van der Waals surface area contributed by atoms with Crippen LogP contribution in [0.1, 0.15) is 23.4 Å². The molecule has 166 valence electrons. The van der Waals surface area contributed by atoms with Gasteiger partial charge >= 0.3 is 0 Å². The number of aliphatic imine (C=N–C) groups is 1. The molecule has 1 aliphatic heterocycles. The summed E-state index contributed by atoms with van der Waals surface area (Å²) in [4.78, 5) is 8.28. The molecule has 8 heteroatoms. The number of halogens is 1. The van der Waals surface area contributed by atoms with Crippen molar-refractivity contribution in [1.29, 1.82) is 0 Å². The summed E-state index contributed by atoms with van der Waals surface area (Å²) < 4.78 is 10.9. The largest absolute Gasteiger partial charge is 0.497 e. The van der Waals surface area contributed by atoms with Crippen LogP contribution >= 0.6 is 35.3 Å². The van der Waals surface area contributed by atoms with Crippen molar-refractivity contribution in [3.63, 3.8) is 0 Å². The lowest BCUT2D eigenvalue weighted by Gasteiger charge is -2.37. The van der Waals surface area contributed by atoms with Crippen molar-refractivity contribution in [2.24, 2.45) is 4.99 Å². The molecule has 2 heterocycles. The highest BCUT2D eigenvalue weighted by Gasteiger charge is 2.26. The summed E-state index contributed by atoms with van der Waals surface area (Å²) in [6, 6.07) is 12.9. The van der Waals surface area contributed by atoms with E-state index in [4.69, 9.17) is 9.47 Å². The minimum atomic E-state index is 0. The number of ether oxygens (including phenoxy) is 2. The van der Waals surface area contributed by atoms with Gasteiger partial charge in [-0.05, 0) is 42.5 Å². The standard InChI is InChI=1S/C22H32N4O2S.HI/c1-17-16-26(12-13-28-17)20(21-5-4-14-29-21)15-25-22(23-2)24-11-10-18-6-8-19(27-3)9-7-18;/h4-9,14,17,20H,10-13,15-16H2,1-3H3,(H2,23,24,25);1H. The van der Waals surface area contributed by atoms with Gasteiger partial charge in [0.15, 0.2) is 5.96 Å². The van der Waals surface area contributed by atoms with E-state index in [1.165, 1.54) is 10.4 Å². The van der Waals surface area contributed by atoms with Crippen LogP contribution in [0.25, 0.3) is 0 Å². The Hall–Kier alpha value is -1.36. The highest BCUT2D eigenvalue weighted by atomic mass is 127. The van der Waals surface area contributed by atoms with E-state index in [0.717, 1.165) is 50.9 Å². The smallest absolute Gasteiger partial charge is 0.191 e. The third kappa shape index (κ3) is 7.40. The molecule has 3 rings (SSSR count). The molecule has 0 aliphatic carbocycles. The predicted molar refractivity (Wildman–Crippen MR) is 136 cm³/mol. The van der Waals surface area contributed by atoms with Gasteiger partial charge in [-0.25, -0.2) is 0 Å². The van der Waals surface area contributed by atoms with Crippen molar-refractivity contribution >= 4 is 41.3 Å². The van der Waals surface area contributed by atoms with E-state index in [9.17, 15) is 0 Å². The number of methoxy groups -OCH3 is 1. The Morgan fingerprint density at radius 3 is 2.73 bits per heavy atom. The summed E-state index contributed by atoms with van der Waals surface area (Å²) in [5.41, 5.74) is 1.27. The van der Waals surface area contributed by atoms with Gasteiger partial charge in [0.25, 0.3) is 0 Å². The maximum atomic E-state index is 5.73. The van der Waals surface area contributed by atoms with Gasteiger partial charge in [0, 0.05) is 38.1 Å². The Bertz CT molecular complexity index is 755. The van der Waals surface area contributed by atoms with E-state index in [-0.39, 0.29) is 30.1 Å². The third-order valence-electron chi connectivity index (χ3n) is 5.14. The number of morpholine rings is 1. The van der Waals surface area contributed by atoms with E-state index in [1.54, 1.807) is 7.11 Å². The van der Waals surface area contributed by atoms with Gasteiger partial charge in [-0.2, -0.15) is 0 Å². The highest BCUT2D eigenvalue weighted by molar-refractivity contribution is 14.0. The topological polar surface area (TPSA) is 58.1 Å². The predicted octanol–water partition coefficient (Wildman–Crippen LogP) is 3.54. The molecular formula is C22H33IN4O2S. The van der Waals surface area contributed by atoms with Gasteiger partial charge in [-0.15, -0.1) is 35.3 Å². The van der Waals surface area contributed by atoms with Crippen LogP contribution in [0.2, 0.25) is 0 Å². The normalized spacial score (nSPS) is 18.4. The van der Waals surface area contributed by atoms with Crippen LogP contribution in [0.5, 0.6) is 5.75 Å². The number of rotatable bonds is 8. The van der Waals surface area contributed by atoms with Crippen LogP contribution < -0.4 is 15.4 Å². The molecule has 0 bridgehead atoms. The van der Waals surface area contributed by atoms with Gasteiger partial charge < -0.3 is 20.1 Å². The zero-order valence-corrected chi connectivity index (χ0v) is 21.1. The second-order valence-corrected chi connectivity index (χ2v) is 8.16. The molecule has 2 atom stereocenters.